The third kappa shape index (κ3) is 3.44. The number of hydrogen-bond acceptors (Lipinski definition) is 3. The Morgan fingerprint density at radius 2 is 2.16 bits per heavy atom. The monoisotopic (exact) mass is 268 g/mol. The van der Waals surface area contributed by atoms with Gasteiger partial charge in [0.25, 0.3) is 0 Å². The Morgan fingerprint density at radius 3 is 2.63 bits per heavy atom. The van der Waals surface area contributed by atoms with Crippen LogP contribution in [0.5, 0.6) is 5.75 Å². The highest BCUT2D eigenvalue weighted by Gasteiger charge is 2.24. The van der Waals surface area contributed by atoms with Crippen molar-refractivity contribution < 1.29 is 13.9 Å². The second-order valence-electron chi connectivity index (χ2n) is 4.63. The fraction of sp³-hybridized carbons (Fsp3) is 0.500. The van der Waals surface area contributed by atoms with Crippen molar-refractivity contribution in [1.82, 2.24) is 0 Å². The lowest BCUT2D eigenvalue weighted by molar-refractivity contribution is -0.120. The highest BCUT2D eigenvalue weighted by atomic mass is 19.1. The van der Waals surface area contributed by atoms with Crippen LogP contribution in [0.15, 0.2) is 18.2 Å². The number of amides is 1. The van der Waals surface area contributed by atoms with Crippen LogP contribution >= 0.6 is 0 Å². The molecule has 0 saturated heterocycles. The van der Waals surface area contributed by atoms with Crippen molar-refractivity contribution >= 4 is 11.6 Å². The Labute approximate surface area is 113 Å². The summed E-state index contributed by atoms with van der Waals surface area (Å²) in [6.07, 6.45) is 0.817. The SMILES string of the molecule is CCC(C)C(N)C(=O)N(C)c1ccc(OC)c(F)c1. The second kappa shape index (κ2) is 6.52. The maximum Gasteiger partial charge on any atom is 0.243 e. The molecule has 2 unspecified atom stereocenters. The normalized spacial score (nSPS) is 13.8. The number of hydrogen-bond donors (Lipinski definition) is 1. The van der Waals surface area contributed by atoms with Crippen LogP contribution in [0.1, 0.15) is 20.3 Å². The highest BCUT2D eigenvalue weighted by molar-refractivity contribution is 5.96. The smallest absolute Gasteiger partial charge is 0.243 e. The summed E-state index contributed by atoms with van der Waals surface area (Å²) in [6.45, 7) is 3.90. The molecule has 0 bridgehead atoms. The van der Waals surface area contributed by atoms with Gasteiger partial charge in [-0.3, -0.25) is 4.79 Å². The van der Waals surface area contributed by atoms with Crippen LogP contribution in [0.2, 0.25) is 0 Å². The number of carbonyl (C=O) groups is 1. The second-order valence-corrected chi connectivity index (χ2v) is 4.63. The van der Waals surface area contributed by atoms with Crippen molar-refractivity contribution in [3.63, 3.8) is 0 Å². The van der Waals surface area contributed by atoms with E-state index in [9.17, 15) is 9.18 Å². The van der Waals surface area contributed by atoms with Crippen molar-refractivity contribution in [3.8, 4) is 5.75 Å². The van der Waals surface area contributed by atoms with Crippen LogP contribution in [-0.4, -0.2) is 26.1 Å². The van der Waals surface area contributed by atoms with Crippen LogP contribution < -0.4 is 15.4 Å². The van der Waals surface area contributed by atoms with Gasteiger partial charge >= 0.3 is 0 Å². The van der Waals surface area contributed by atoms with Crippen LogP contribution in [0.25, 0.3) is 0 Å². The Morgan fingerprint density at radius 1 is 1.53 bits per heavy atom. The van der Waals surface area contributed by atoms with Crippen LogP contribution in [-0.2, 0) is 4.79 Å². The average Bonchev–Trinajstić information content (AvgIpc) is 2.43. The quantitative estimate of drug-likeness (QED) is 0.890. The van der Waals surface area contributed by atoms with Gasteiger partial charge in [0.15, 0.2) is 11.6 Å². The molecule has 1 aromatic carbocycles. The molecule has 0 fully saturated rings. The Hall–Kier alpha value is -1.62. The standard InChI is InChI=1S/C14H21FN2O2/c1-5-9(2)13(16)14(18)17(3)10-6-7-12(19-4)11(15)8-10/h6-9,13H,5,16H2,1-4H3. The predicted molar refractivity (Wildman–Crippen MR) is 73.8 cm³/mol. The fourth-order valence-electron chi connectivity index (χ4n) is 1.71. The van der Waals surface area contributed by atoms with Gasteiger partial charge in [-0.25, -0.2) is 4.39 Å². The van der Waals surface area contributed by atoms with Gasteiger partial charge in [0.1, 0.15) is 0 Å². The average molecular weight is 268 g/mol. The maximum atomic E-state index is 13.6. The van der Waals surface area contributed by atoms with Crippen LogP contribution in [0, 0.1) is 11.7 Å². The van der Waals surface area contributed by atoms with Gasteiger partial charge in [0.2, 0.25) is 5.91 Å². The molecule has 1 amide bonds. The lowest BCUT2D eigenvalue weighted by Gasteiger charge is -2.24. The minimum Gasteiger partial charge on any atom is -0.494 e. The van der Waals surface area contributed by atoms with E-state index in [1.807, 2.05) is 13.8 Å². The number of halogens is 1. The van der Waals surface area contributed by atoms with Gasteiger partial charge in [-0.15, -0.1) is 0 Å². The number of ether oxygens (including phenoxy) is 1. The lowest BCUT2D eigenvalue weighted by atomic mass is 9.99. The molecule has 0 radical (unpaired) electrons. The van der Waals surface area contributed by atoms with Crippen molar-refractivity contribution in [2.45, 2.75) is 26.3 Å². The number of rotatable bonds is 5. The number of methoxy groups -OCH3 is 1. The third-order valence-corrected chi connectivity index (χ3v) is 3.40. The van der Waals surface area contributed by atoms with E-state index in [-0.39, 0.29) is 17.6 Å². The van der Waals surface area contributed by atoms with E-state index in [0.29, 0.717) is 5.69 Å². The topological polar surface area (TPSA) is 55.6 Å². The summed E-state index contributed by atoms with van der Waals surface area (Å²) in [5.41, 5.74) is 6.35. The van der Waals surface area contributed by atoms with Crippen molar-refractivity contribution in [2.24, 2.45) is 11.7 Å². The summed E-state index contributed by atoms with van der Waals surface area (Å²) < 4.78 is 18.4. The number of nitrogens with two attached hydrogens (primary N) is 1. The van der Waals surface area contributed by atoms with E-state index in [2.05, 4.69) is 0 Å². The van der Waals surface area contributed by atoms with Crippen LogP contribution in [0.4, 0.5) is 10.1 Å². The summed E-state index contributed by atoms with van der Waals surface area (Å²) in [6, 6.07) is 3.80. The van der Waals surface area contributed by atoms with Gasteiger partial charge in [-0.2, -0.15) is 0 Å². The summed E-state index contributed by atoms with van der Waals surface area (Å²) in [5, 5.41) is 0. The molecule has 0 aromatic heterocycles. The van der Waals surface area contributed by atoms with E-state index in [1.165, 1.54) is 24.1 Å². The summed E-state index contributed by atoms with van der Waals surface area (Å²) in [7, 11) is 2.98. The lowest BCUT2D eigenvalue weighted by Crippen LogP contribution is -2.45. The van der Waals surface area contributed by atoms with Crippen molar-refractivity contribution in [1.29, 1.82) is 0 Å². The largest absolute Gasteiger partial charge is 0.494 e. The summed E-state index contributed by atoms with van der Waals surface area (Å²) >= 11 is 0. The van der Waals surface area contributed by atoms with Gasteiger partial charge in [-0.1, -0.05) is 20.3 Å². The van der Waals surface area contributed by atoms with Gasteiger partial charge in [-0.05, 0) is 18.1 Å². The van der Waals surface area contributed by atoms with E-state index in [1.54, 1.807) is 13.1 Å². The Balaban J connectivity index is 2.91. The molecular weight excluding hydrogens is 247 g/mol. The summed E-state index contributed by atoms with van der Waals surface area (Å²) in [4.78, 5) is 13.5. The molecule has 1 aromatic rings. The first kappa shape index (κ1) is 15.4. The molecule has 4 nitrogen and oxygen atoms in total. The van der Waals surface area contributed by atoms with Crippen molar-refractivity contribution in [2.75, 3.05) is 19.1 Å². The minimum absolute atomic E-state index is 0.0815. The van der Waals surface area contributed by atoms with Gasteiger partial charge < -0.3 is 15.4 Å². The van der Waals surface area contributed by atoms with E-state index < -0.39 is 11.9 Å². The van der Waals surface area contributed by atoms with Crippen molar-refractivity contribution in [3.05, 3.63) is 24.0 Å². The first-order valence-electron chi connectivity index (χ1n) is 6.29. The number of anilines is 1. The molecular formula is C14H21FN2O2. The zero-order valence-electron chi connectivity index (χ0n) is 11.8. The molecule has 0 heterocycles. The maximum absolute atomic E-state index is 13.6. The molecule has 0 aliphatic rings. The zero-order valence-corrected chi connectivity index (χ0v) is 11.8. The molecule has 0 saturated carbocycles. The van der Waals surface area contributed by atoms with Gasteiger partial charge in [0.05, 0.1) is 13.2 Å². The van der Waals surface area contributed by atoms with E-state index in [4.69, 9.17) is 10.5 Å². The van der Waals surface area contributed by atoms with E-state index in [0.717, 1.165) is 6.42 Å². The molecule has 19 heavy (non-hydrogen) atoms. The fourth-order valence-corrected chi connectivity index (χ4v) is 1.71. The molecule has 0 spiro atoms. The summed E-state index contributed by atoms with van der Waals surface area (Å²) in [5.74, 6) is -0.496. The first-order valence-corrected chi connectivity index (χ1v) is 6.29. The third-order valence-electron chi connectivity index (χ3n) is 3.40. The molecule has 2 atom stereocenters. The predicted octanol–water partition coefficient (Wildman–Crippen LogP) is 2.17. The highest BCUT2D eigenvalue weighted by Crippen LogP contribution is 2.23. The molecule has 0 aliphatic heterocycles. The first-order chi connectivity index (χ1) is 8.92. The number of likely N-dealkylation sites (N-methyl/N-ethyl adjacent to an activating group) is 1. The molecule has 5 heteroatoms. The molecule has 1 rings (SSSR count). The van der Waals surface area contributed by atoms with E-state index >= 15 is 0 Å². The van der Waals surface area contributed by atoms with Gasteiger partial charge in [0, 0.05) is 18.8 Å². The zero-order chi connectivity index (χ0) is 14.6. The molecule has 0 aliphatic carbocycles. The van der Waals surface area contributed by atoms with Crippen LogP contribution in [0.3, 0.4) is 0 Å². The number of nitrogens with zero attached hydrogens (tertiary/aromatic N) is 1. The number of carbonyl (C=O) groups excluding carboxylic acids is 1. The minimum atomic E-state index is -0.583. The Kier molecular flexibility index (Phi) is 5.30. The molecule has 2 N–H and O–H groups in total. The molecule has 106 valence electrons. The number of benzene rings is 1. The Bertz CT molecular complexity index is 451.